The molecule has 0 aromatic rings. The van der Waals surface area contributed by atoms with Crippen LogP contribution in [0, 0.1) is 0 Å². The standard InChI is InChI=1S/C24H50S25/c25-1-2-27-3-19-41-45-24-46-48-49-47-43-20-11-31-10-17-38-37-15-7-29-6-13-34-33-12-4-28-5-14-35-36-16-8-30-9-18-39-40-21-22-42-44-23-32-26/h25-26H,1-24H2. The summed E-state index contributed by atoms with van der Waals surface area (Å²) < 4.78 is 0. The molecule has 0 unspecified atom stereocenters. The van der Waals surface area contributed by atoms with Crippen LogP contribution in [0.4, 0.5) is 0 Å². The van der Waals surface area contributed by atoms with E-state index in [1.807, 2.05) is 128 Å². The van der Waals surface area contributed by atoms with Crippen LogP contribution in [0.2, 0.25) is 0 Å². The minimum Gasteiger partial charge on any atom is -0.179 e. The molecule has 0 spiro atoms. The van der Waals surface area contributed by atoms with Gasteiger partial charge in [-0.3, -0.25) is 0 Å². The highest BCUT2D eigenvalue weighted by Crippen LogP contribution is 2.50. The molecular weight excluding hydrogens is 1090 g/mol. The SMILES string of the molecule is SCCSCCSSCSSSSSCCSCCSSCCSCCSSCCSCCSSCCSCCSSCCSSCSS. The molecule has 0 N–H and O–H groups in total. The predicted octanol–water partition coefficient (Wildman–Crippen LogP) is 16.7. The molecule has 0 aliphatic rings. The van der Waals surface area contributed by atoms with Crippen molar-refractivity contribution in [3.05, 3.63) is 0 Å². The van der Waals surface area contributed by atoms with Gasteiger partial charge in [-0.1, -0.05) is 162 Å². The van der Waals surface area contributed by atoms with Crippen LogP contribution in [-0.4, -0.2) is 137 Å². The zero-order chi connectivity index (χ0) is 35.2. The molecule has 0 aromatic heterocycles. The Kier molecular flexibility index (Phi) is 66.9. The second kappa shape index (κ2) is 56.8. The average molecular weight is 1140 g/mol. The molecule has 25 heteroatoms. The van der Waals surface area contributed by atoms with Gasteiger partial charge in [-0.15, -0.1) is 11.7 Å². The summed E-state index contributed by atoms with van der Waals surface area (Å²) in [5.41, 5.74) is 0. The van der Waals surface area contributed by atoms with E-state index >= 15 is 0 Å². The Labute approximate surface area is 404 Å². The lowest BCUT2D eigenvalue weighted by molar-refractivity contribution is 1.49. The minimum absolute atomic E-state index is 0.994. The quantitative estimate of drug-likeness (QED) is 0.0257. The Hall–Kier alpha value is 8.75. The van der Waals surface area contributed by atoms with Crippen molar-refractivity contribution in [1.29, 1.82) is 0 Å². The van der Waals surface area contributed by atoms with Gasteiger partial charge in [0.15, 0.2) is 0 Å². The third kappa shape index (κ3) is 56.8. The first-order chi connectivity index (χ1) is 24.4. The summed E-state index contributed by atoms with van der Waals surface area (Å²) in [7, 11) is 35.8. The molecule has 0 radical (unpaired) electrons. The highest BCUT2D eigenvalue weighted by molar-refractivity contribution is 9.36. The van der Waals surface area contributed by atoms with Crippen LogP contribution < -0.4 is 0 Å². The van der Waals surface area contributed by atoms with Crippen LogP contribution >= 0.6 is 274 Å². The van der Waals surface area contributed by atoms with E-state index in [2.05, 4.69) is 136 Å². The fraction of sp³-hybridized carbons (Fsp3) is 1.00. The number of rotatable bonds is 46. The lowest BCUT2D eigenvalue weighted by atomic mass is 10.9. The van der Waals surface area contributed by atoms with E-state index in [0.29, 0.717) is 0 Å². The van der Waals surface area contributed by atoms with Crippen molar-refractivity contribution in [1.82, 2.24) is 0 Å². The molecule has 0 aromatic carbocycles. The van der Waals surface area contributed by atoms with E-state index < -0.39 is 0 Å². The van der Waals surface area contributed by atoms with Gasteiger partial charge in [0.05, 0.1) is 10.2 Å². The maximum atomic E-state index is 4.25. The third-order valence-electron chi connectivity index (χ3n) is 4.13. The van der Waals surface area contributed by atoms with Gasteiger partial charge in [-0.05, 0) is 35.2 Å². The molecular formula is C24H50S25. The molecule has 0 bridgehead atoms. The van der Waals surface area contributed by atoms with Crippen molar-refractivity contribution in [2.45, 2.75) is 0 Å². The monoisotopic (exact) mass is 1140 g/mol. The molecule has 0 aliphatic carbocycles. The molecule has 296 valence electrons. The molecule has 0 saturated carbocycles. The molecule has 0 atom stereocenters. The van der Waals surface area contributed by atoms with Crippen LogP contribution in [0.15, 0.2) is 0 Å². The normalized spacial score (nSPS) is 11.6. The number of hydrogen-bond donors (Lipinski definition) is 2. The lowest BCUT2D eigenvalue weighted by Gasteiger charge is -2.04. The van der Waals surface area contributed by atoms with Crippen molar-refractivity contribution >= 4 is 274 Å². The van der Waals surface area contributed by atoms with Gasteiger partial charge in [0.25, 0.3) is 0 Å². The summed E-state index contributed by atoms with van der Waals surface area (Å²) in [6, 6.07) is 0. The molecule has 0 fully saturated rings. The maximum absolute atomic E-state index is 4.25. The number of hydrogen-bond acceptors (Lipinski definition) is 25. The summed E-state index contributed by atoms with van der Waals surface area (Å²) in [5.74, 6) is 27.7. The first-order valence-electron chi connectivity index (χ1n) is 14.9. The van der Waals surface area contributed by atoms with Crippen molar-refractivity contribution in [2.75, 3.05) is 137 Å². The van der Waals surface area contributed by atoms with Crippen LogP contribution in [0.1, 0.15) is 0 Å². The average Bonchev–Trinajstić information content (AvgIpc) is 3.11. The Morgan fingerprint density at radius 3 is 0.898 bits per heavy atom. The van der Waals surface area contributed by atoms with E-state index in [1.165, 1.54) is 126 Å². The summed E-state index contributed by atoms with van der Waals surface area (Å²) in [4.78, 5) is 0. The van der Waals surface area contributed by atoms with Gasteiger partial charge >= 0.3 is 0 Å². The molecule has 0 saturated heterocycles. The van der Waals surface area contributed by atoms with Crippen molar-refractivity contribution < 1.29 is 0 Å². The summed E-state index contributed by atoms with van der Waals surface area (Å²) in [6.45, 7) is 0. The van der Waals surface area contributed by atoms with Crippen LogP contribution in [0.5, 0.6) is 0 Å². The van der Waals surface area contributed by atoms with Crippen LogP contribution in [0.3, 0.4) is 0 Å². The van der Waals surface area contributed by atoms with Gasteiger partial charge in [0, 0.05) is 121 Å². The second-order valence-corrected chi connectivity index (χ2v) is 40.2. The summed E-state index contributed by atoms with van der Waals surface area (Å²) in [6.07, 6.45) is 0. The first kappa shape index (κ1) is 57.8. The predicted molar refractivity (Wildman–Crippen MR) is 309 cm³/mol. The molecule has 0 rings (SSSR count). The largest absolute Gasteiger partial charge is 0.179 e. The van der Waals surface area contributed by atoms with E-state index in [1.54, 1.807) is 10.8 Å². The molecule has 0 nitrogen and oxygen atoms in total. The van der Waals surface area contributed by atoms with E-state index in [0.717, 1.165) is 10.8 Å². The van der Waals surface area contributed by atoms with Crippen molar-refractivity contribution in [3.8, 4) is 0 Å². The second-order valence-electron chi connectivity index (χ2n) is 7.75. The van der Waals surface area contributed by atoms with Gasteiger partial charge in [-0.2, -0.15) is 71.4 Å². The van der Waals surface area contributed by atoms with Crippen LogP contribution in [-0.2, 0) is 0 Å². The van der Waals surface area contributed by atoms with Crippen molar-refractivity contribution in [3.63, 3.8) is 0 Å². The van der Waals surface area contributed by atoms with Gasteiger partial charge in [-0.25, -0.2) is 0 Å². The molecule has 0 aliphatic heterocycles. The highest BCUT2D eigenvalue weighted by Gasteiger charge is 2.00. The molecule has 0 heterocycles. The Morgan fingerprint density at radius 1 is 0.245 bits per heavy atom. The maximum Gasteiger partial charge on any atom is 0.0608 e. The highest BCUT2D eigenvalue weighted by atomic mass is 33.8. The fourth-order valence-corrected chi connectivity index (χ4v) is 35.9. The molecule has 49 heavy (non-hydrogen) atoms. The minimum atomic E-state index is 0.994. The van der Waals surface area contributed by atoms with Crippen molar-refractivity contribution in [2.24, 2.45) is 0 Å². The van der Waals surface area contributed by atoms with Gasteiger partial charge in [0.2, 0.25) is 0 Å². The lowest BCUT2D eigenvalue weighted by Crippen LogP contribution is -1.91. The van der Waals surface area contributed by atoms with Gasteiger partial charge < -0.3 is 0 Å². The Morgan fingerprint density at radius 2 is 0.531 bits per heavy atom. The molecule has 0 amide bonds. The van der Waals surface area contributed by atoms with Crippen LogP contribution in [0.25, 0.3) is 0 Å². The zero-order valence-electron chi connectivity index (χ0n) is 27.3. The summed E-state index contributed by atoms with van der Waals surface area (Å²) in [5, 5.41) is 2.24. The zero-order valence-corrected chi connectivity index (χ0v) is 47.8. The Bertz CT molecular complexity index is 525. The summed E-state index contributed by atoms with van der Waals surface area (Å²) >= 11 is 18.9. The van der Waals surface area contributed by atoms with E-state index in [-0.39, 0.29) is 0 Å². The fourth-order valence-electron chi connectivity index (χ4n) is 2.28. The van der Waals surface area contributed by atoms with E-state index in [4.69, 9.17) is 0 Å². The number of thioether (sulfide) groups is 5. The first-order valence-corrected chi connectivity index (χ1v) is 44.7. The number of thiol groups is 2. The van der Waals surface area contributed by atoms with Gasteiger partial charge in [0.1, 0.15) is 0 Å². The third-order valence-corrected chi connectivity index (χ3v) is 37.8. The van der Waals surface area contributed by atoms with E-state index in [9.17, 15) is 0 Å². The topological polar surface area (TPSA) is 0 Å². The smallest absolute Gasteiger partial charge is 0.0608 e. The Balaban J connectivity index is 3.04.